The quantitative estimate of drug-likeness (QED) is 0.470. The molecule has 3 heteroatoms. The zero-order valence-electron chi connectivity index (χ0n) is 8.82. The van der Waals surface area contributed by atoms with Crippen molar-refractivity contribution in [3.05, 3.63) is 12.8 Å². The SMILES string of the molecule is C=CN=C(C)N1CC[C@@H](N(C)C)C1. The summed E-state index contributed by atoms with van der Waals surface area (Å²) in [6.07, 6.45) is 2.84. The molecule has 1 heterocycles. The number of likely N-dealkylation sites (N-methyl/N-ethyl adjacent to an activating group) is 1. The second-order valence-electron chi connectivity index (χ2n) is 3.71. The molecule has 3 nitrogen and oxygen atoms in total. The van der Waals surface area contributed by atoms with Crippen molar-refractivity contribution in [1.29, 1.82) is 0 Å². The molecule has 1 saturated heterocycles. The average molecular weight is 181 g/mol. The van der Waals surface area contributed by atoms with E-state index in [1.54, 1.807) is 6.20 Å². The molecule has 0 N–H and O–H groups in total. The van der Waals surface area contributed by atoms with E-state index in [0.717, 1.165) is 18.9 Å². The minimum absolute atomic E-state index is 0.676. The Bertz CT molecular complexity index is 208. The van der Waals surface area contributed by atoms with Gasteiger partial charge in [-0.15, -0.1) is 0 Å². The van der Waals surface area contributed by atoms with Gasteiger partial charge in [0.25, 0.3) is 0 Å². The molecular formula is C10H19N3. The van der Waals surface area contributed by atoms with Crippen molar-refractivity contribution in [2.45, 2.75) is 19.4 Å². The molecule has 0 spiro atoms. The Balaban J connectivity index is 2.49. The Morgan fingerprint density at radius 2 is 2.31 bits per heavy atom. The van der Waals surface area contributed by atoms with E-state index in [1.807, 2.05) is 6.92 Å². The fourth-order valence-electron chi connectivity index (χ4n) is 1.67. The van der Waals surface area contributed by atoms with Crippen molar-refractivity contribution < 1.29 is 0 Å². The summed E-state index contributed by atoms with van der Waals surface area (Å²) in [6.45, 7) is 7.85. The van der Waals surface area contributed by atoms with Gasteiger partial charge in [0.1, 0.15) is 5.84 Å². The van der Waals surface area contributed by atoms with Crippen LogP contribution < -0.4 is 0 Å². The highest BCUT2D eigenvalue weighted by Gasteiger charge is 2.24. The fourth-order valence-corrected chi connectivity index (χ4v) is 1.67. The third-order valence-corrected chi connectivity index (χ3v) is 2.63. The summed E-state index contributed by atoms with van der Waals surface area (Å²) >= 11 is 0. The Morgan fingerprint density at radius 1 is 1.62 bits per heavy atom. The maximum atomic E-state index is 4.19. The lowest BCUT2D eigenvalue weighted by atomic mass is 10.2. The van der Waals surface area contributed by atoms with Gasteiger partial charge in [0.15, 0.2) is 0 Å². The topological polar surface area (TPSA) is 18.8 Å². The number of aliphatic imine (C=N–C) groups is 1. The molecule has 0 aromatic heterocycles. The van der Waals surface area contributed by atoms with Crippen LogP contribution in [0.2, 0.25) is 0 Å². The van der Waals surface area contributed by atoms with Gasteiger partial charge >= 0.3 is 0 Å². The number of hydrogen-bond acceptors (Lipinski definition) is 2. The highest BCUT2D eigenvalue weighted by Crippen LogP contribution is 2.13. The van der Waals surface area contributed by atoms with Gasteiger partial charge in [-0.3, -0.25) is 0 Å². The van der Waals surface area contributed by atoms with Crippen molar-refractivity contribution in [2.24, 2.45) is 4.99 Å². The van der Waals surface area contributed by atoms with Crippen LogP contribution in [0, 0.1) is 0 Å². The third-order valence-electron chi connectivity index (χ3n) is 2.63. The third kappa shape index (κ3) is 2.56. The molecule has 1 rings (SSSR count). The maximum absolute atomic E-state index is 4.19. The van der Waals surface area contributed by atoms with Crippen molar-refractivity contribution >= 4 is 5.84 Å². The fraction of sp³-hybridized carbons (Fsp3) is 0.700. The van der Waals surface area contributed by atoms with Crippen molar-refractivity contribution in [1.82, 2.24) is 9.80 Å². The molecule has 0 aliphatic carbocycles. The van der Waals surface area contributed by atoms with Crippen LogP contribution in [-0.4, -0.2) is 48.9 Å². The average Bonchev–Trinajstić information content (AvgIpc) is 2.52. The summed E-state index contributed by atoms with van der Waals surface area (Å²) in [5.41, 5.74) is 0. The number of nitrogens with zero attached hydrogens (tertiary/aromatic N) is 3. The number of amidine groups is 1. The first-order chi connectivity index (χ1) is 6.15. The summed E-state index contributed by atoms with van der Waals surface area (Å²) in [6, 6.07) is 0.676. The zero-order valence-corrected chi connectivity index (χ0v) is 8.82. The van der Waals surface area contributed by atoms with Crippen LogP contribution in [0.3, 0.4) is 0 Å². The lowest BCUT2D eigenvalue weighted by molar-refractivity contribution is 0.301. The van der Waals surface area contributed by atoms with Crippen LogP contribution in [0.25, 0.3) is 0 Å². The molecule has 1 atom stereocenters. The molecule has 0 aromatic rings. The van der Waals surface area contributed by atoms with Gasteiger partial charge in [0.2, 0.25) is 0 Å². The molecule has 13 heavy (non-hydrogen) atoms. The second-order valence-corrected chi connectivity index (χ2v) is 3.71. The molecule has 1 fully saturated rings. The summed E-state index contributed by atoms with van der Waals surface area (Å²) < 4.78 is 0. The molecule has 0 radical (unpaired) electrons. The van der Waals surface area contributed by atoms with Crippen LogP contribution >= 0.6 is 0 Å². The normalized spacial score (nSPS) is 24.2. The highest BCUT2D eigenvalue weighted by molar-refractivity contribution is 5.80. The van der Waals surface area contributed by atoms with Crippen LogP contribution in [0.1, 0.15) is 13.3 Å². The van der Waals surface area contributed by atoms with Gasteiger partial charge in [0.05, 0.1) is 0 Å². The van der Waals surface area contributed by atoms with E-state index >= 15 is 0 Å². The van der Waals surface area contributed by atoms with Gasteiger partial charge < -0.3 is 9.80 Å². The number of likely N-dealkylation sites (tertiary alicyclic amines) is 1. The molecule has 0 saturated carbocycles. The molecule has 0 unspecified atom stereocenters. The smallest absolute Gasteiger partial charge is 0.101 e. The first-order valence-electron chi connectivity index (χ1n) is 4.72. The van der Waals surface area contributed by atoms with E-state index < -0.39 is 0 Å². The van der Waals surface area contributed by atoms with Crippen molar-refractivity contribution in [2.75, 3.05) is 27.2 Å². The van der Waals surface area contributed by atoms with Crippen LogP contribution in [0.4, 0.5) is 0 Å². The Hall–Kier alpha value is -0.830. The Labute approximate surface area is 80.7 Å². The molecule has 74 valence electrons. The van der Waals surface area contributed by atoms with E-state index in [2.05, 4.69) is 35.5 Å². The lowest BCUT2D eigenvalue weighted by Gasteiger charge is -2.21. The lowest BCUT2D eigenvalue weighted by Crippen LogP contribution is -2.33. The molecule has 1 aliphatic heterocycles. The zero-order chi connectivity index (χ0) is 9.84. The minimum atomic E-state index is 0.676. The van der Waals surface area contributed by atoms with Crippen LogP contribution in [0.15, 0.2) is 17.8 Å². The van der Waals surface area contributed by atoms with Gasteiger partial charge in [-0.25, -0.2) is 4.99 Å². The largest absolute Gasteiger partial charge is 0.359 e. The first-order valence-corrected chi connectivity index (χ1v) is 4.72. The van der Waals surface area contributed by atoms with Gasteiger partial charge in [-0.05, 0) is 27.4 Å². The summed E-state index contributed by atoms with van der Waals surface area (Å²) in [5.74, 6) is 1.08. The molecule has 0 aromatic carbocycles. The maximum Gasteiger partial charge on any atom is 0.101 e. The molecule has 1 aliphatic rings. The van der Waals surface area contributed by atoms with Gasteiger partial charge in [0, 0.05) is 25.3 Å². The minimum Gasteiger partial charge on any atom is -0.359 e. The van der Waals surface area contributed by atoms with Gasteiger partial charge in [-0.1, -0.05) is 6.58 Å². The van der Waals surface area contributed by atoms with E-state index in [1.165, 1.54) is 6.42 Å². The molecule has 0 bridgehead atoms. The van der Waals surface area contributed by atoms with Crippen LogP contribution in [-0.2, 0) is 0 Å². The molecular weight excluding hydrogens is 162 g/mol. The standard InChI is InChI=1S/C10H19N3/c1-5-11-9(2)13-7-6-10(8-13)12(3)4/h5,10H,1,6-8H2,2-4H3/t10-/m1/s1. The highest BCUT2D eigenvalue weighted by atomic mass is 15.3. The summed E-state index contributed by atoms with van der Waals surface area (Å²) in [7, 11) is 4.27. The monoisotopic (exact) mass is 181 g/mol. The Kier molecular flexibility index (Phi) is 3.48. The van der Waals surface area contributed by atoms with E-state index in [-0.39, 0.29) is 0 Å². The van der Waals surface area contributed by atoms with E-state index in [0.29, 0.717) is 6.04 Å². The van der Waals surface area contributed by atoms with Crippen molar-refractivity contribution in [3.63, 3.8) is 0 Å². The van der Waals surface area contributed by atoms with Crippen molar-refractivity contribution in [3.8, 4) is 0 Å². The Morgan fingerprint density at radius 3 is 2.77 bits per heavy atom. The van der Waals surface area contributed by atoms with E-state index in [4.69, 9.17) is 0 Å². The van der Waals surface area contributed by atoms with Gasteiger partial charge in [-0.2, -0.15) is 0 Å². The number of rotatable bonds is 2. The van der Waals surface area contributed by atoms with E-state index in [9.17, 15) is 0 Å². The van der Waals surface area contributed by atoms with Crippen LogP contribution in [0.5, 0.6) is 0 Å². The first kappa shape index (κ1) is 10.3. The summed E-state index contributed by atoms with van der Waals surface area (Å²) in [4.78, 5) is 8.78. The second kappa shape index (κ2) is 4.42. The summed E-state index contributed by atoms with van der Waals surface area (Å²) in [5, 5.41) is 0. The molecule has 0 amide bonds. The predicted molar refractivity (Wildman–Crippen MR) is 57.0 cm³/mol. The predicted octanol–water partition coefficient (Wildman–Crippen LogP) is 1.18. The number of hydrogen-bond donors (Lipinski definition) is 0.